The summed E-state index contributed by atoms with van der Waals surface area (Å²) >= 11 is 18.7. The van der Waals surface area contributed by atoms with Crippen LogP contribution in [0.3, 0.4) is 0 Å². The number of hydrogen-bond acceptors (Lipinski definition) is 3. The molecule has 0 unspecified atom stereocenters. The van der Waals surface area contributed by atoms with Gasteiger partial charge in [0.15, 0.2) is 12.4 Å². The molecule has 0 bridgehead atoms. The number of amides is 1. The minimum Gasteiger partial charge on any atom is -0.481 e. The molecule has 1 amide bonds. The fourth-order valence-electron chi connectivity index (χ4n) is 2.69. The summed E-state index contributed by atoms with van der Waals surface area (Å²) in [6.07, 6.45) is 0. The van der Waals surface area contributed by atoms with E-state index in [2.05, 4.69) is 10.6 Å². The summed E-state index contributed by atoms with van der Waals surface area (Å²) in [5.41, 5.74) is 3.58. The zero-order chi connectivity index (χ0) is 20.8. The molecule has 0 aromatic heterocycles. The van der Waals surface area contributed by atoms with E-state index in [1.165, 1.54) is 0 Å². The lowest BCUT2D eigenvalue weighted by molar-refractivity contribution is -0.118. The first-order valence-corrected chi connectivity index (χ1v) is 10.0. The Labute approximate surface area is 184 Å². The van der Waals surface area contributed by atoms with E-state index >= 15 is 0 Å². The Morgan fingerprint density at radius 2 is 1.66 bits per heavy atom. The quantitative estimate of drug-likeness (QED) is 0.428. The monoisotopic (exact) mass is 448 g/mol. The molecular formula is C22H19Cl3N2O2. The third-order valence-corrected chi connectivity index (χ3v) is 4.94. The molecule has 150 valence electrons. The Morgan fingerprint density at radius 1 is 0.966 bits per heavy atom. The fourth-order valence-corrected chi connectivity index (χ4v) is 3.50. The van der Waals surface area contributed by atoms with Crippen molar-refractivity contribution in [1.82, 2.24) is 0 Å². The van der Waals surface area contributed by atoms with Crippen molar-refractivity contribution >= 4 is 52.1 Å². The molecule has 0 fully saturated rings. The second kappa shape index (κ2) is 9.88. The first kappa shape index (κ1) is 21.3. The number of aryl methyl sites for hydroxylation is 1. The second-order valence-corrected chi connectivity index (χ2v) is 7.66. The van der Waals surface area contributed by atoms with E-state index in [9.17, 15) is 4.79 Å². The minimum absolute atomic E-state index is 0.201. The summed E-state index contributed by atoms with van der Waals surface area (Å²) in [5.74, 6) is -0.0234. The maximum Gasteiger partial charge on any atom is 0.262 e. The highest BCUT2D eigenvalue weighted by molar-refractivity contribution is 6.37. The number of rotatable bonds is 7. The van der Waals surface area contributed by atoms with E-state index in [-0.39, 0.29) is 18.3 Å². The average molecular weight is 450 g/mol. The van der Waals surface area contributed by atoms with Gasteiger partial charge in [-0.1, -0.05) is 59.1 Å². The average Bonchev–Trinajstić information content (AvgIpc) is 2.69. The highest BCUT2D eigenvalue weighted by Crippen LogP contribution is 2.34. The molecule has 0 atom stereocenters. The lowest BCUT2D eigenvalue weighted by Crippen LogP contribution is -2.20. The predicted molar refractivity (Wildman–Crippen MR) is 121 cm³/mol. The topological polar surface area (TPSA) is 50.4 Å². The van der Waals surface area contributed by atoms with Gasteiger partial charge in [-0.2, -0.15) is 0 Å². The molecule has 0 spiro atoms. The van der Waals surface area contributed by atoms with Gasteiger partial charge >= 0.3 is 0 Å². The van der Waals surface area contributed by atoms with Gasteiger partial charge in [-0.3, -0.25) is 4.79 Å². The molecule has 29 heavy (non-hydrogen) atoms. The van der Waals surface area contributed by atoms with E-state index in [1.54, 1.807) is 24.3 Å². The first-order valence-electron chi connectivity index (χ1n) is 8.88. The normalized spacial score (nSPS) is 10.5. The van der Waals surface area contributed by atoms with Crippen LogP contribution >= 0.6 is 34.8 Å². The number of para-hydroxylation sites is 1. The van der Waals surface area contributed by atoms with Crippen LogP contribution in [0.15, 0.2) is 60.7 Å². The molecule has 0 aliphatic heterocycles. The number of anilines is 2. The first-order chi connectivity index (χ1) is 13.9. The van der Waals surface area contributed by atoms with Gasteiger partial charge in [0.1, 0.15) is 0 Å². The standard InChI is InChI=1S/C22H19Cl3N2O2/c1-14-7-8-16(23)11-20(14)26-12-15-9-18(24)22(19(25)10-15)29-13-21(28)27-17-5-3-2-4-6-17/h2-11,26H,12-13H2,1H3,(H,27,28). The third kappa shape index (κ3) is 6.04. The Balaban J connectivity index is 1.61. The van der Waals surface area contributed by atoms with Crippen molar-refractivity contribution in [2.24, 2.45) is 0 Å². The van der Waals surface area contributed by atoms with Crippen LogP contribution in [-0.4, -0.2) is 12.5 Å². The number of carbonyl (C=O) groups excluding carboxylic acids is 1. The van der Waals surface area contributed by atoms with Crippen molar-refractivity contribution in [1.29, 1.82) is 0 Å². The Kier molecular flexibility index (Phi) is 7.26. The summed E-state index contributed by atoms with van der Waals surface area (Å²) in [7, 11) is 0. The molecule has 0 aliphatic carbocycles. The molecule has 0 saturated carbocycles. The largest absolute Gasteiger partial charge is 0.481 e. The number of carbonyl (C=O) groups is 1. The van der Waals surface area contributed by atoms with Crippen molar-refractivity contribution < 1.29 is 9.53 Å². The van der Waals surface area contributed by atoms with Crippen LogP contribution in [0.4, 0.5) is 11.4 Å². The highest BCUT2D eigenvalue weighted by atomic mass is 35.5. The summed E-state index contributed by atoms with van der Waals surface area (Å²) in [6.45, 7) is 2.30. The summed E-state index contributed by atoms with van der Waals surface area (Å²) in [4.78, 5) is 12.1. The van der Waals surface area contributed by atoms with Gasteiger partial charge < -0.3 is 15.4 Å². The van der Waals surface area contributed by atoms with Crippen molar-refractivity contribution in [3.8, 4) is 5.75 Å². The Morgan fingerprint density at radius 3 is 2.34 bits per heavy atom. The SMILES string of the molecule is Cc1ccc(Cl)cc1NCc1cc(Cl)c(OCC(=O)Nc2ccccc2)c(Cl)c1. The summed E-state index contributed by atoms with van der Waals surface area (Å²) in [5, 5.41) is 7.39. The zero-order valence-electron chi connectivity index (χ0n) is 15.6. The van der Waals surface area contributed by atoms with E-state index < -0.39 is 0 Å². The van der Waals surface area contributed by atoms with Crippen LogP contribution < -0.4 is 15.4 Å². The van der Waals surface area contributed by atoms with E-state index in [4.69, 9.17) is 39.5 Å². The van der Waals surface area contributed by atoms with Crippen molar-refractivity contribution in [2.45, 2.75) is 13.5 Å². The van der Waals surface area contributed by atoms with Gasteiger partial charge in [0.25, 0.3) is 5.91 Å². The van der Waals surface area contributed by atoms with Gasteiger partial charge in [0.05, 0.1) is 10.0 Å². The van der Waals surface area contributed by atoms with Crippen LogP contribution in [0.5, 0.6) is 5.75 Å². The van der Waals surface area contributed by atoms with Crippen molar-refractivity contribution in [3.63, 3.8) is 0 Å². The summed E-state index contributed by atoms with van der Waals surface area (Å²) in [6, 6.07) is 18.3. The van der Waals surface area contributed by atoms with Gasteiger partial charge in [0.2, 0.25) is 0 Å². The maximum absolute atomic E-state index is 12.1. The van der Waals surface area contributed by atoms with E-state index in [0.29, 0.717) is 27.3 Å². The smallest absolute Gasteiger partial charge is 0.262 e. The molecule has 3 aromatic rings. The number of ether oxygens (including phenoxy) is 1. The molecule has 4 nitrogen and oxygen atoms in total. The maximum atomic E-state index is 12.1. The third-order valence-electron chi connectivity index (χ3n) is 4.15. The molecule has 3 aromatic carbocycles. The summed E-state index contributed by atoms with van der Waals surface area (Å²) < 4.78 is 5.54. The number of halogens is 3. The highest BCUT2D eigenvalue weighted by Gasteiger charge is 2.12. The molecule has 0 radical (unpaired) electrons. The zero-order valence-corrected chi connectivity index (χ0v) is 17.9. The number of benzene rings is 3. The minimum atomic E-state index is -0.300. The van der Waals surface area contributed by atoms with Gasteiger partial charge in [-0.05, 0) is 54.4 Å². The van der Waals surface area contributed by atoms with Crippen LogP contribution in [0, 0.1) is 6.92 Å². The molecule has 0 aliphatic rings. The Bertz CT molecular complexity index is 987. The van der Waals surface area contributed by atoms with Gasteiger partial charge in [0, 0.05) is 22.9 Å². The molecule has 0 heterocycles. The molecular weight excluding hydrogens is 431 g/mol. The lowest BCUT2D eigenvalue weighted by atomic mass is 10.1. The van der Waals surface area contributed by atoms with Gasteiger partial charge in [-0.15, -0.1) is 0 Å². The van der Waals surface area contributed by atoms with Crippen LogP contribution in [-0.2, 0) is 11.3 Å². The number of nitrogens with one attached hydrogen (secondary N) is 2. The van der Waals surface area contributed by atoms with E-state index in [1.807, 2.05) is 43.3 Å². The van der Waals surface area contributed by atoms with Crippen LogP contribution in [0.2, 0.25) is 15.1 Å². The second-order valence-electron chi connectivity index (χ2n) is 6.40. The molecule has 7 heteroatoms. The van der Waals surface area contributed by atoms with Gasteiger partial charge in [-0.25, -0.2) is 0 Å². The van der Waals surface area contributed by atoms with Crippen LogP contribution in [0.25, 0.3) is 0 Å². The van der Waals surface area contributed by atoms with Crippen LogP contribution in [0.1, 0.15) is 11.1 Å². The fraction of sp³-hybridized carbons (Fsp3) is 0.136. The molecule has 3 rings (SSSR count). The predicted octanol–water partition coefficient (Wildman–Crippen LogP) is 6.58. The number of hydrogen-bond donors (Lipinski definition) is 2. The molecule has 0 saturated heterocycles. The van der Waals surface area contributed by atoms with E-state index in [0.717, 1.165) is 16.8 Å². The van der Waals surface area contributed by atoms with Crippen molar-refractivity contribution in [2.75, 3.05) is 17.2 Å². The van der Waals surface area contributed by atoms with Crippen molar-refractivity contribution in [3.05, 3.63) is 86.9 Å². The lowest BCUT2D eigenvalue weighted by Gasteiger charge is -2.14. The molecule has 2 N–H and O–H groups in total. The Hall–Kier alpha value is -2.40.